The average molecular weight is 295 g/mol. The molecule has 0 unspecified atom stereocenters. The van der Waals surface area contributed by atoms with Gasteiger partial charge in [-0.2, -0.15) is 0 Å². The fourth-order valence-electron chi connectivity index (χ4n) is 1.43. The third-order valence-corrected chi connectivity index (χ3v) is 2.84. The van der Waals surface area contributed by atoms with Gasteiger partial charge in [-0.25, -0.2) is 0 Å². The minimum Gasteiger partial charge on any atom is -0.264 e. The maximum absolute atomic E-state index is 4.13. The molecule has 1 nitrogen and oxygen atoms in total. The molecule has 1 aromatic heterocycles. The van der Waals surface area contributed by atoms with E-state index in [0.29, 0.717) is 0 Å². The van der Waals surface area contributed by atoms with Crippen molar-refractivity contribution in [1.82, 2.24) is 4.98 Å². The molecule has 0 saturated heterocycles. The van der Waals surface area contributed by atoms with Gasteiger partial charge in [-0.05, 0) is 58.8 Å². The summed E-state index contributed by atoms with van der Waals surface area (Å²) in [6.07, 6.45) is 3.70. The lowest BCUT2D eigenvalue weighted by molar-refractivity contribution is 1.32. The van der Waals surface area contributed by atoms with Crippen LogP contribution in [0.15, 0.2) is 42.7 Å². The highest BCUT2D eigenvalue weighted by molar-refractivity contribution is 14.1. The SMILES string of the molecule is Cc1ccc(I)cc1-c1cccnc1. The molecule has 14 heavy (non-hydrogen) atoms. The summed E-state index contributed by atoms with van der Waals surface area (Å²) in [5.74, 6) is 0. The van der Waals surface area contributed by atoms with Crippen LogP contribution in [0.4, 0.5) is 0 Å². The summed E-state index contributed by atoms with van der Waals surface area (Å²) in [4.78, 5) is 4.13. The number of aromatic nitrogens is 1. The van der Waals surface area contributed by atoms with Crippen LogP contribution in [-0.2, 0) is 0 Å². The molecule has 0 spiro atoms. The largest absolute Gasteiger partial charge is 0.264 e. The summed E-state index contributed by atoms with van der Waals surface area (Å²) in [6.45, 7) is 2.12. The van der Waals surface area contributed by atoms with Gasteiger partial charge < -0.3 is 0 Å². The van der Waals surface area contributed by atoms with Gasteiger partial charge in [-0.3, -0.25) is 4.98 Å². The molecule has 0 amide bonds. The van der Waals surface area contributed by atoms with Gasteiger partial charge in [0.15, 0.2) is 0 Å². The van der Waals surface area contributed by atoms with E-state index in [2.05, 4.69) is 58.8 Å². The van der Waals surface area contributed by atoms with Crippen molar-refractivity contribution in [2.24, 2.45) is 0 Å². The molecule has 0 N–H and O–H groups in total. The number of hydrogen-bond donors (Lipinski definition) is 0. The first kappa shape index (κ1) is 9.65. The van der Waals surface area contributed by atoms with Crippen molar-refractivity contribution in [3.05, 3.63) is 51.9 Å². The van der Waals surface area contributed by atoms with Gasteiger partial charge in [-0.15, -0.1) is 0 Å². The summed E-state index contributed by atoms with van der Waals surface area (Å²) < 4.78 is 1.26. The van der Waals surface area contributed by atoms with Crippen LogP contribution in [0, 0.1) is 10.5 Å². The second-order valence-electron chi connectivity index (χ2n) is 3.20. The van der Waals surface area contributed by atoms with E-state index in [1.807, 2.05) is 12.3 Å². The molecule has 0 radical (unpaired) electrons. The van der Waals surface area contributed by atoms with E-state index in [1.54, 1.807) is 6.20 Å². The van der Waals surface area contributed by atoms with Crippen molar-refractivity contribution >= 4 is 22.6 Å². The normalized spacial score (nSPS) is 10.1. The molecule has 2 aromatic rings. The predicted octanol–water partition coefficient (Wildman–Crippen LogP) is 3.66. The van der Waals surface area contributed by atoms with Crippen LogP contribution in [0.25, 0.3) is 11.1 Å². The Morgan fingerprint density at radius 3 is 2.79 bits per heavy atom. The molecule has 0 fully saturated rings. The lowest BCUT2D eigenvalue weighted by Gasteiger charge is -2.05. The second-order valence-corrected chi connectivity index (χ2v) is 4.45. The molecule has 0 atom stereocenters. The van der Waals surface area contributed by atoms with Gasteiger partial charge in [0.05, 0.1) is 0 Å². The van der Waals surface area contributed by atoms with E-state index in [1.165, 1.54) is 20.3 Å². The van der Waals surface area contributed by atoms with Crippen molar-refractivity contribution in [3.8, 4) is 11.1 Å². The molecule has 0 aliphatic heterocycles. The van der Waals surface area contributed by atoms with E-state index >= 15 is 0 Å². The van der Waals surface area contributed by atoms with Crippen LogP contribution in [0.1, 0.15) is 5.56 Å². The fraction of sp³-hybridized carbons (Fsp3) is 0.0833. The molecule has 2 heteroatoms. The number of aryl methyl sites for hydroxylation is 1. The standard InChI is InChI=1S/C12H10IN/c1-9-4-5-11(13)7-12(9)10-3-2-6-14-8-10/h2-8H,1H3. The number of pyridine rings is 1. The first-order chi connectivity index (χ1) is 6.77. The summed E-state index contributed by atoms with van der Waals surface area (Å²) in [7, 11) is 0. The van der Waals surface area contributed by atoms with Gasteiger partial charge in [0.1, 0.15) is 0 Å². The van der Waals surface area contributed by atoms with E-state index in [0.717, 1.165) is 0 Å². The second kappa shape index (κ2) is 4.09. The molecule has 1 aromatic carbocycles. The summed E-state index contributed by atoms with van der Waals surface area (Å²) in [5.41, 5.74) is 3.74. The van der Waals surface area contributed by atoms with Gasteiger partial charge in [0, 0.05) is 21.5 Å². The molecule has 1 heterocycles. The fourth-order valence-corrected chi connectivity index (χ4v) is 1.92. The minimum atomic E-state index is 1.18. The highest BCUT2D eigenvalue weighted by atomic mass is 127. The zero-order valence-corrected chi connectivity index (χ0v) is 10.0. The zero-order chi connectivity index (χ0) is 9.97. The van der Waals surface area contributed by atoms with Crippen molar-refractivity contribution in [1.29, 1.82) is 0 Å². The Morgan fingerprint density at radius 2 is 2.07 bits per heavy atom. The Balaban J connectivity index is 2.57. The summed E-state index contributed by atoms with van der Waals surface area (Å²) in [5, 5.41) is 0. The Bertz CT molecular complexity index is 437. The molecular formula is C12H10IN. The van der Waals surface area contributed by atoms with Crippen molar-refractivity contribution in [3.63, 3.8) is 0 Å². The molecule has 2 rings (SSSR count). The molecule has 0 aliphatic carbocycles. The lowest BCUT2D eigenvalue weighted by Crippen LogP contribution is -1.85. The maximum atomic E-state index is 4.13. The zero-order valence-electron chi connectivity index (χ0n) is 7.87. The molecular weight excluding hydrogens is 285 g/mol. The summed E-state index contributed by atoms with van der Waals surface area (Å²) >= 11 is 2.33. The Kier molecular flexibility index (Phi) is 2.82. The van der Waals surface area contributed by atoms with Gasteiger partial charge in [0.25, 0.3) is 0 Å². The molecule has 0 saturated carbocycles. The molecule has 70 valence electrons. The van der Waals surface area contributed by atoms with Gasteiger partial charge >= 0.3 is 0 Å². The van der Waals surface area contributed by atoms with E-state index in [4.69, 9.17) is 0 Å². The lowest BCUT2D eigenvalue weighted by atomic mass is 10.0. The molecule has 0 bridgehead atoms. The highest BCUT2D eigenvalue weighted by Gasteiger charge is 2.01. The quantitative estimate of drug-likeness (QED) is 0.732. The number of rotatable bonds is 1. The topological polar surface area (TPSA) is 12.9 Å². The first-order valence-corrected chi connectivity index (χ1v) is 5.52. The van der Waals surface area contributed by atoms with Crippen LogP contribution in [0.2, 0.25) is 0 Å². The Labute approximate surface area is 97.3 Å². The minimum absolute atomic E-state index is 1.18. The van der Waals surface area contributed by atoms with Crippen LogP contribution < -0.4 is 0 Å². The monoisotopic (exact) mass is 295 g/mol. The third-order valence-electron chi connectivity index (χ3n) is 2.17. The van der Waals surface area contributed by atoms with Gasteiger partial charge in [0.2, 0.25) is 0 Å². The van der Waals surface area contributed by atoms with Crippen molar-refractivity contribution < 1.29 is 0 Å². The first-order valence-electron chi connectivity index (χ1n) is 4.44. The Morgan fingerprint density at radius 1 is 1.21 bits per heavy atom. The number of hydrogen-bond acceptors (Lipinski definition) is 1. The number of benzene rings is 1. The van der Waals surface area contributed by atoms with E-state index in [-0.39, 0.29) is 0 Å². The van der Waals surface area contributed by atoms with Crippen LogP contribution >= 0.6 is 22.6 Å². The van der Waals surface area contributed by atoms with E-state index in [9.17, 15) is 0 Å². The molecule has 0 aliphatic rings. The smallest absolute Gasteiger partial charge is 0.0346 e. The van der Waals surface area contributed by atoms with Crippen molar-refractivity contribution in [2.45, 2.75) is 6.92 Å². The highest BCUT2D eigenvalue weighted by Crippen LogP contribution is 2.24. The average Bonchev–Trinajstić information content (AvgIpc) is 2.23. The van der Waals surface area contributed by atoms with Crippen molar-refractivity contribution in [2.75, 3.05) is 0 Å². The number of nitrogens with zero attached hydrogens (tertiary/aromatic N) is 1. The Hall–Kier alpha value is -0.900. The van der Waals surface area contributed by atoms with E-state index < -0.39 is 0 Å². The maximum Gasteiger partial charge on any atom is 0.0346 e. The van der Waals surface area contributed by atoms with Crippen LogP contribution in [0.5, 0.6) is 0 Å². The predicted molar refractivity (Wildman–Crippen MR) is 67.1 cm³/mol. The summed E-state index contributed by atoms with van der Waals surface area (Å²) in [6, 6.07) is 10.5. The van der Waals surface area contributed by atoms with Crippen LogP contribution in [-0.4, -0.2) is 4.98 Å². The third kappa shape index (κ3) is 1.95. The van der Waals surface area contributed by atoms with Crippen LogP contribution in [0.3, 0.4) is 0 Å². The van der Waals surface area contributed by atoms with Gasteiger partial charge in [-0.1, -0.05) is 12.1 Å². The number of halogens is 1.